The second kappa shape index (κ2) is 6.80. The smallest absolute Gasteiger partial charge is 0.341 e. The number of carbonyl (C=O) groups is 1. The van der Waals surface area contributed by atoms with Gasteiger partial charge in [0.1, 0.15) is 17.2 Å². The standard InChI is InChI=1S/C16H23N3O5S/c1-24-15(21)12-2-3-13(18-25(22,23)11-10-20)17-14(12)19-8-6-16(4-5-16)7-9-19/h2-3,20H,4-11H2,1H3,(H,17,18). The predicted octanol–water partition coefficient (Wildman–Crippen LogP) is 0.983. The van der Waals surface area contributed by atoms with Crippen LogP contribution in [0.1, 0.15) is 36.0 Å². The Morgan fingerprint density at radius 2 is 2.00 bits per heavy atom. The molecule has 0 unspecified atom stereocenters. The molecule has 0 atom stereocenters. The second-order valence-corrected chi connectivity index (χ2v) is 8.53. The van der Waals surface area contributed by atoms with E-state index in [2.05, 4.69) is 9.71 Å². The van der Waals surface area contributed by atoms with E-state index in [4.69, 9.17) is 9.84 Å². The van der Waals surface area contributed by atoms with E-state index in [0.29, 0.717) is 16.8 Å². The summed E-state index contributed by atoms with van der Waals surface area (Å²) in [4.78, 5) is 18.4. The third kappa shape index (κ3) is 4.04. The van der Waals surface area contributed by atoms with Crippen molar-refractivity contribution in [3.8, 4) is 0 Å². The number of nitrogens with zero attached hydrogens (tertiary/aromatic N) is 2. The molecule has 0 radical (unpaired) electrons. The van der Waals surface area contributed by atoms with E-state index in [1.54, 1.807) is 0 Å². The Kier molecular flexibility index (Phi) is 4.88. The maximum Gasteiger partial charge on any atom is 0.341 e. The molecule has 0 bridgehead atoms. The van der Waals surface area contributed by atoms with Gasteiger partial charge in [0.25, 0.3) is 0 Å². The summed E-state index contributed by atoms with van der Waals surface area (Å²) in [6.07, 6.45) is 4.63. The topological polar surface area (TPSA) is 109 Å². The first kappa shape index (κ1) is 17.9. The molecule has 8 nitrogen and oxygen atoms in total. The molecule has 3 rings (SSSR count). The first-order valence-electron chi connectivity index (χ1n) is 8.34. The van der Waals surface area contributed by atoms with Crippen molar-refractivity contribution < 1.29 is 23.1 Å². The van der Waals surface area contributed by atoms with Gasteiger partial charge in [0.2, 0.25) is 10.0 Å². The minimum absolute atomic E-state index is 0.128. The van der Waals surface area contributed by atoms with Crippen LogP contribution in [0.15, 0.2) is 12.1 Å². The number of aliphatic hydroxyl groups excluding tert-OH is 1. The molecule has 138 valence electrons. The van der Waals surface area contributed by atoms with Crippen LogP contribution in [0, 0.1) is 5.41 Å². The van der Waals surface area contributed by atoms with Gasteiger partial charge in [-0.1, -0.05) is 0 Å². The molecular weight excluding hydrogens is 346 g/mol. The number of hydrogen-bond donors (Lipinski definition) is 2. The van der Waals surface area contributed by atoms with Gasteiger partial charge in [-0.05, 0) is 43.2 Å². The number of hydrogen-bond acceptors (Lipinski definition) is 7. The number of aliphatic hydroxyl groups is 1. The zero-order valence-electron chi connectivity index (χ0n) is 14.2. The van der Waals surface area contributed by atoms with Crippen LogP contribution in [0.3, 0.4) is 0 Å². The predicted molar refractivity (Wildman–Crippen MR) is 93.2 cm³/mol. The fourth-order valence-corrected chi connectivity index (χ4v) is 3.99. The van der Waals surface area contributed by atoms with Crippen LogP contribution < -0.4 is 9.62 Å². The zero-order chi connectivity index (χ0) is 18.1. The van der Waals surface area contributed by atoms with Gasteiger partial charge in [-0.25, -0.2) is 18.2 Å². The Bertz CT molecular complexity index is 751. The fraction of sp³-hybridized carbons (Fsp3) is 0.625. The molecule has 1 aromatic heterocycles. The van der Waals surface area contributed by atoms with E-state index in [1.807, 2.05) is 4.90 Å². The van der Waals surface area contributed by atoms with Gasteiger partial charge < -0.3 is 14.7 Å². The van der Waals surface area contributed by atoms with E-state index < -0.39 is 28.4 Å². The van der Waals surface area contributed by atoms with Gasteiger partial charge in [0, 0.05) is 13.1 Å². The summed E-state index contributed by atoms with van der Waals surface area (Å²) in [5.74, 6) is -0.344. The van der Waals surface area contributed by atoms with E-state index in [0.717, 1.165) is 25.9 Å². The van der Waals surface area contributed by atoms with Gasteiger partial charge in [0.15, 0.2) is 0 Å². The number of methoxy groups -OCH3 is 1. The number of pyridine rings is 1. The Morgan fingerprint density at radius 1 is 1.32 bits per heavy atom. The van der Waals surface area contributed by atoms with Crippen molar-refractivity contribution in [2.24, 2.45) is 5.41 Å². The minimum atomic E-state index is -3.68. The number of esters is 1. The number of carbonyl (C=O) groups excluding carboxylic acids is 1. The molecule has 1 aromatic rings. The van der Waals surface area contributed by atoms with Gasteiger partial charge in [-0.3, -0.25) is 4.72 Å². The number of nitrogens with one attached hydrogen (secondary N) is 1. The summed E-state index contributed by atoms with van der Waals surface area (Å²) in [6, 6.07) is 2.95. The molecule has 2 fully saturated rings. The molecule has 0 amide bonds. The van der Waals surface area contributed by atoms with Crippen molar-refractivity contribution in [1.29, 1.82) is 0 Å². The summed E-state index contributed by atoms with van der Waals surface area (Å²) < 4.78 is 30.8. The lowest BCUT2D eigenvalue weighted by atomic mass is 9.93. The maximum atomic E-state index is 12.1. The average molecular weight is 369 g/mol. The Hall–Kier alpha value is -1.87. The number of aromatic nitrogens is 1. The van der Waals surface area contributed by atoms with Crippen LogP contribution in [0.4, 0.5) is 11.6 Å². The SMILES string of the molecule is COC(=O)c1ccc(NS(=O)(=O)CCO)nc1N1CCC2(CC1)CC2. The van der Waals surface area contributed by atoms with E-state index in [9.17, 15) is 13.2 Å². The number of anilines is 2. The minimum Gasteiger partial charge on any atom is -0.465 e. The van der Waals surface area contributed by atoms with Crippen LogP contribution >= 0.6 is 0 Å². The number of piperidine rings is 1. The van der Waals surface area contributed by atoms with Crippen LogP contribution in [0.5, 0.6) is 0 Å². The van der Waals surface area contributed by atoms with E-state index in [-0.39, 0.29) is 5.82 Å². The third-order valence-electron chi connectivity index (χ3n) is 4.98. The summed E-state index contributed by atoms with van der Waals surface area (Å²) in [7, 11) is -2.37. The molecular formula is C16H23N3O5S. The molecule has 1 spiro atoms. The van der Waals surface area contributed by atoms with E-state index >= 15 is 0 Å². The van der Waals surface area contributed by atoms with Gasteiger partial charge in [0.05, 0.1) is 19.5 Å². The first-order valence-corrected chi connectivity index (χ1v) is 9.99. The van der Waals surface area contributed by atoms with Crippen LogP contribution in [0.25, 0.3) is 0 Å². The van der Waals surface area contributed by atoms with Crippen molar-refractivity contribution in [1.82, 2.24) is 4.98 Å². The summed E-state index contributed by atoms with van der Waals surface area (Å²) >= 11 is 0. The van der Waals surface area contributed by atoms with E-state index in [1.165, 1.54) is 32.1 Å². The summed E-state index contributed by atoms with van der Waals surface area (Å²) in [5.41, 5.74) is 0.793. The molecule has 2 N–H and O–H groups in total. The number of sulfonamides is 1. The van der Waals surface area contributed by atoms with Crippen LogP contribution in [0.2, 0.25) is 0 Å². The molecule has 2 aliphatic rings. The highest BCUT2D eigenvalue weighted by Crippen LogP contribution is 2.54. The van der Waals surface area contributed by atoms with Crippen LogP contribution in [-0.2, 0) is 14.8 Å². The van der Waals surface area contributed by atoms with Gasteiger partial charge in [-0.2, -0.15) is 0 Å². The average Bonchev–Trinajstić information content (AvgIpc) is 3.33. The van der Waals surface area contributed by atoms with Crippen LogP contribution in [-0.4, -0.2) is 57.0 Å². The molecule has 1 aliphatic carbocycles. The molecule has 9 heteroatoms. The lowest BCUT2D eigenvalue weighted by molar-refractivity contribution is 0.0601. The Morgan fingerprint density at radius 3 is 2.56 bits per heavy atom. The van der Waals surface area contributed by atoms with Gasteiger partial charge >= 0.3 is 5.97 Å². The van der Waals surface area contributed by atoms with Crippen molar-refractivity contribution >= 4 is 27.6 Å². The lowest BCUT2D eigenvalue weighted by Gasteiger charge is -2.33. The highest BCUT2D eigenvalue weighted by Gasteiger charge is 2.45. The fourth-order valence-electron chi connectivity index (χ4n) is 3.22. The zero-order valence-corrected chi connectivity index (χ0v) is 15.0. The van der Waals surface area contributed by atoms with Crippen molar-refractivity contribution in [3.63, 3.8) is 0 Å². The number of ether oxygens (including phenoxy) is 1. The lowest BCUT2D eigenvalue weighted by Crippen LogP contribution is -2.36. The molecule has 25 heavy (non-hydrogen) atoms. The largest absolute Gasteiger partial charge is 0.465 e. The molecule has 1 saturated carbocycles. The first-order chi connectivity index (χ1) is 11.9. The Balaban J connectivity index is 1.86. The third-order valence-corrected chi connectivity index (χ3v) is 6.22. The number of rotatable bonds is 6. The summed E-state index contributed by atoms with van der Waals surface area (Å²) in [5, 5.41) is 8.83. The quantitative estimate of drug-likeness (QED) is 0.720. The van der Waals surface area contributed by atoms with Crippen molar-refractivity contribution in [3.05, 3.63) is 17.7 Å². The molecule has 0 aromatic carbocycles. The molecule has 1 saturated heterocycles. The maximum absolute atomic E-state index is 12.1. The normalized spacial score (nSPS) is 18.9. The second-order valence-electron chi connectivity index (χ2n) is 6.69. The highest BCUT2D eigenvalue weighted by molar-refractivity contribution is 7.92. The molecule has 1 aliphatic heterocycles. The molecule has 2 heterocycles. The van der Waals surface area contributed by atoms with Crippen molar-refractivity contribution in [2.75, 3.05) is 42.2 Å². The monoisotopic (exact) mass is 369 g/mol. The van der Waals surface area contributed by atoms with Gasteiger partial charge in [-0.15, -0.1) is 0 Å². The highest BCUT2D eigenvalue weighted by atomic mass is 32.2. The Labute approximate surface area is 147 Å². The van der Waals surface area contributed by atoms with Crippen molar-refractivity contribution in [2.45, 2.75) is 25.7 Å². The summed E-state index contributed by atoms with van der Waals surface area (Å²) in [6.45, 7) is 1.09.